The third kappa shape index (κ3) is 2.47. The molecular formula is C15H11BrIN. The van der Waals surface area contributed by atoms with Crippen LogP contribution in [0.5, 0.6) is 0 Å². The van der Waals surface area contributed by atoms with Crippen molar-refractivity contribution in [3.63, 3.8) is 0 Å². The van der Waals surface area contributed by atoms with Crippen LogP contribution in [0.3, 0.4) is 0 Å². The van der Waals surface area contributed by atoms with Gasteiger partial charge in [0.2, 0.25) is 0 Å². The lowest BCUT2D eigenvalue weighted by atomic mass is 10.2. The molecule has 0 bridgehead atoms. The Bertz CT molecular complexity index is 685. The molecule has 0 unspecified atom stereocenters. The third-order valence-electron chi connectivity index (χ3n) is 3.00. The van der Waals surface area contributed by atoms with E-state index in [1.165, 1.54) is 20.0 Å². The minimum Gasteiger partial charge on any atom is -0.343 e. The van der Waals surface area contributed by atoms with Gasteiger partial charge in [0.1, 0.15) is 0 Å². The molecule has 2 aromatic carbocycles. The van der Waals surface area contributed by atoms with Crippen molar-refractivity contribution >= 4 is 49.4 Å². The second-order valence-corrected chi connectivity index (χ2v) is 6.43. The van der Waals surface area contributed by atoms with E-state index in [-0.39, 0.29) is 0 Å². The Morgan fingerprint density at radius 2 is 1.78 bits per heavy atom. The molecule has 0 aliphatic carbocycles. The fourth-order valence-electron chi connectivity index (χ4n) is 2.10. The average molecular weight is 412 g/mol. The molecule has 3 aromatic rings. The summed E-state index contributed by atoms with van der Waals surface area (Å²) in [5.41, 5.74) is 2.60. The van der Waals surface area contributed by atoms with Crippen LogP contribution in [0.15, 0.2) is 59.2 Å². The largest absolute Gasteiger partial charge is 0.343 e. The van der Waals surface area contributed by atoms with E-state index >= 15 is 0 Å². The summed E-state index contributed by atoms with van der Waals surface area (Å²) in [6, 6.07) is 17.2. The molecule has 18 heavy (non-hydrogen) atoms. The predicted octanol–water partition coefficient (Wildman–Crippen LogP) is 5.06. The Balaban J connectivity index is 1.97. The van der Waals surface area contributed by atoms with Crippen molar-refractivity contribution < 1.29 is 0 Å². The predicted molar refractivity (Wildman–Crippen MR) is 87.9 cm³/mol. The summed E-state index contributed by atoms with van der Waals surface area (Å²) in [5, 5.41) is 1.27. The van der Waals surface area contributed by atoms with E-state index in [2.05, 4.69) is 97.8 Å². The molecule has 1 nitrogen and oxygen atoms in total. The maximum Gasteiger partial charge on any atom is 0.0484 e. The lowest BCUT2D eigenvalue weighted by molar-refractivity contribution is 0.836. The van der Waals surface area contributed by atoms with Gasteiger partial charge in [-0.05, 0) is 64.6 Å². The first-order valence-electron chi connectivity index (χ1n) is 5.71. The fourth-order valence-corrected chi connectivity index (χ4v) is 2.83. The van der Waals surface area contributed by atoms with Crippen LogP contribution in [0.4, 0.5) is 0 Å². The number of fused-ring (bicyclic) bond motifs is 1. The Morgan fingerprint density at radius 3 is 2.56 bits per heavy atom. The first-order valence-corrected chi connectivity index (χ1v) is 7.58. The molecule has 0 fully saturated rings. The van der Waals surface area contributed by atoms with E-state index in [4.69, 9.17) is 0 Å². The molecule has 0 radical (unpaired) electrons. The van der Waals surface area contributed by atoms with Gasteiger partial charge in [-0.2, -0.15) is 0 Å². The van der Waals surface area contributed by atoms with E-state index < -0.39 is 0 Å². The first-order chi connectivity index (χ1) is 8.72. The first kappa shape index (κ1) is 12.2. The highest BCUT2D eigenvalue weighted by Crippen LogP contribution is 2.21. The molecule has 3 rings (SSSR count). The van der Waals surface area contributed by atoms with Crippen LogP contribution < -0.4 is 0 Å². The summed E-state index contributed by atoms with van der Waals surface area (Å²) in [5.74, 6) is 0. The van der Waals surface area contributed by atoms with Gasteiger partial charge in [0.05, 0.1) is 0 Å². The van der Waals surface area contributed by atoms with Gasteiger partial charge in [-0.25, -0.2) is 0 Å². The number of hydrogen-bond donors (Lipinski definition) is 0. The molecule has 0 aliphatic heterocycles. The van der Waals surface area contributed by atoms with Crippen molar-refractivity contribution in [2.75, 3.05) is 0 Å². The van der Waals surface area contributed by atoms with Crippen molar-refractivity contribution in [3.8, 4) is 0 Å². The average Bonchev–Trinajstić information content (AvgIpc) is 2.74. The van der Waals surface area contributed by atoms with Crippen LogP contribution in [-0.4, -0.2) is 4.57 Å². The minimum atomic E-state index is 0.919. The normalized spacial score (nSPS) is 11.0. The Hall–Kier alpha value is -0.810. The van der Waals surface area contributed by atoms with E-state index in [9.17, 15) is 0 Å². The summed E-state index contributed by atoms with van der Waals surface area (Å²) in [6.07, 6.45) is 2.15. The lowest BCUT2D eigenvalue weighted by Gasteiger charge is -2.06. The monoisotopic (exact) mass is 411 g/mol. The molecule has 0 spiro atoms. The van der Waals surface area contributed by atoms with E-state index in [1.54, 1.807) is 0 Å². The van der Waals surface area contributed by atoms with Crippen LogP contribution in [-0.2, 0) is 6.54 Å². The maximum atomic E-state index is 3.51. The molecule has 1 aromatic heterocycles. The molecule has 90 valence electrons. The summed E-state index contributed by atoms with van der Waals surface area (Å²) < 4.78 is 4.68. The Kier molecular flexibility index (Phi) is 3.43. The Labute approximate surface area is 128 Å². The van der Waals surface area contributed by atoms with Crippen molar-refractivity contribution in [1.82, 2.24) is 4.57 Å². The molecule has 0 amide bonds. The highest BCUT2D eigenvalue weighted by Gasteiger charge is 2.02. The van der Waals surface area contributed by atoms with Crippen LogP contribution in [0.25, 0.3) is 10.9 Å². The van der Waals surface area contributed by atoms with Crippen molar-refractivity contribution in [3.05, 3.63) is 68.3 Å². The van der Waals surface area contributed by atoms with Crippen LogP contribution >= 0.6 is 38.5 Å². The minimum absolute atomic E-state index is 0.919. The summed E-state index contributed by atoms with van der Waals surface area (Å²) in [6.45, 7) is 0.919. The highest BCUT2D eigenvalue weighted by atomic mass is 127. The van der Waals surface area contributed by atoms with E-state index in [0.29, 0.717) is 0 Å². The van der Waals surface area contributed by atoms with Gasteiger partial charge in [0.15, 0.2) is 0 Å². The molecular weight excluding hydrogens is 401 g/mol. The zero-order valence-electron chi connectivity index (χ0n) is 9.61. The Morgan fingerprint density at radius 1 is 1.00 bits per heavy atom. The smallest absolute Gasteiger partial charge is 0.0484 e. The number of halogens is 2. The van der Waals surface area contributed by atoms with Crippen LogP contribution in [0, 0.1) is 3.57 Å². The number of rotatable bonds is 2. The molecule has 0 saturated carbocycles. The van der Waals surface area contributed by atoms with Gasteiger partial charge in [-0.15, -0.1) is 0 Å². The lowest BCUT2D eigenvalue weighted by Crippen LogP contribution is -1.97. The highest BCUT2D eigenvalue weighted by molar-refractivity contribution is 14.1. The summed E-state index contributed by atoms with van der Waals surface area (Å²) in [7, 11) is 0. The van der Waals surface area contributed by atoms with Crippen LogP contribution in [0.1, 0.15) is 5.56 Å². The van der Waals surface area contributed by atoms with E-state index in [0.717, 1.165) is 11.0 Å². The van der Waals surface area contributed by atoms with Gasteiger partial charge >= 0.3 is 0 Å². The van der Waals surface area contributed by atoms with Gasteiger partial charge in [0.25, 0.3) is 0 Å². The number of nitrogens with zero attached hydrogens (tertiary/aromatic N) is 1. The second-order valence-electron chi connectivity index (χ2n) is 4.27. The number of hydrogen-bond acceptors (Lipinski definition) is 0. The van der Waals surface area contributed by atoms with Gasteiger partial charge in [0, 0.05) is 31.7 Å². The SMILES string of the molecule is Brc1ccc2c(ccn2Cc2ccc(I)cc2)c1. The molecule has 1 heterocycles. The quantitative estimate of drug-likeness (QED) is 0.519. The van der Waals surface area contributed by atoms with Gasteiger partial charge < -0.3 is 4.57 Å². The third-order valence-corrected chi connectivity index (χ3v) is 4.21. The maximum absolute atomic E-state index is 3.51. The van der Waals surface area contributed by atoms with Crippen LogP contribution in [0.2, 0.25) is 0 Å². The summed E-state index contributed by atoms with van der Waals surface area (Å²) in [4.78, 5) is 0. The van der Waals surface area contributed by atoms with Gasteiger partial charge in [-0.1, -0.05) is 28.1 Å². The topological polar surface area (TPSA) is 4.93 Å². The van der Waals surface area contributed by atoms with Crippen molar-refractivity contribution in [1.29, 1.82) is 0 Å². The fraction of sp³-hybridized carbons (Fsp3) is 0.0667. The second kappa shape index (κ2) is 5.05. The molecule has 0 saturated heterocycles. The van der Waals surface area contributed by atoms with E-state index in [1.807, 2.05) is 0 Å². The zero-order chi connectivity index (χ0) is 12.5. The van der Waals surface area contributed by atoms with Gasteiger partial charge in [-0.3, -0.25) is 0 Å². The molecule has 3 heteroatoms. The molecule has 0 aliphatic rings. The molecule has 0 atom stereocenters. The number of aromatic nitrogens is 1. The molecule has 0 N–H and O–H groups in total. The van der Waals surface area contributed by atoms with Crippen molar-refractivity contribution in [2.45, 2.75) is 6.54 Å². The summed E-state index contributed by atoms with van der Waals surface area (Å²) >= 11 is 5.84. The standard InChI is InChI=1S/C15H11BrIN/c16-13-3-6-15-12(9-13)7-8-18(15)10-11-1-4-14(17)5-2-11/h1-9H,10H2. The number of benzene rings is 2. The zero-order valence-corrected chi connectivity index (χ0v) is 13.3. The van der Waals surface area contributed by atoms with Crippen molar-refractivity contribution in [2.24, 2.45) is 0 Å².